The van der Waals surface area contributed by atoms with E-state index in [4.69, 9.17) is 0 Å². The van der Waals surface area contributed by atoms with Gasteiger partial charge in [-0.3, -0.25) is 9.78 Å². The molecule has 0 radical (unpaired) electrons. The summed E-state index contributed by atoms with van der Waals surface area (Å²) in [7, 11) is 0. The van der Waals surface area contributed by atoms with Gasteiger partial charge in [0.25, 0.3) is 5.91 Å². The third-order valence-corrected chi connectivity index (χ3v) is 2.88. The molecule has 1 amide bonds. The Morgan fingerprint density at radius 2 is 2.00 bits per heavy atom. The molecule has 2 aromatic rings. The average molecular weight is 270 g/mol. The van der Waals surface area contributed by atoms with Crippen LogP contribution in [-0.2, 0) is 0 Å². The monoisotopic (exact) mass is 270 g/mol. The van der Waals surface area contributed by atoms with Crippen molar-refractivity contribution >= 4 is 5.91 Å². The summed E-state index contributed by atoms with van der Waals surface area (Å²) in [5.41, 5.74) is 2.68. The van der Waals surface area contributed by atoms with Gasteiger partial charge < -0.3 is 5.32 Å². The summed E-state index contributed by atoms with van der Waals surface area (Å²) in [5.74, 6) is -0.466. The van der Waals surface area contributed by atoms with Gasteiger partial charge in [-0.1, -0.05) is 6.08 Å². The summed E-state index contributed by atoms with van der Waals surface area (Å²) in [5, 5.41) is 2.71. The summed E-state index contributed by atoms with van der Waals surface area (Å²) in [6.45, 7) is 5.74. The van der Waals surface area contributed by atoms with Gasteiger partial charge >= 0.3 is 0 Å². The van der Waals surface area contributed by atoms with Crippen molar-refractivity contribution in [3.63, 3.8) is 0 Å². The van der Waals surface area contributed by atoms with Crippen molar-refractivity contribution in [1.29, 1.82) is 0 Å². The Bertz CT molecular complexity index is 635. The number of hydrogen-bond donors (Lipinski definition) is 1. The highest BCUT2D eigenvalue weighted by Crippen LogP contribution is 2.19. The number of pyridine rings is 1. The number of carbonyl (C=O) groups is 1. The van der Waals surface area contributed by atoms with E-state index in [0.29, 0.717) is 23.5 Å². The van der Waals surface area contributed by atoms with Gasteiger partial charge in [-0.15, -0.1) is 6.58 Å². The zero-order valence-electron chi connectivity index (χ0n) is 11.2. The molecule has 0 aliphatic rings. The lowest BCUT2D eigenvalue weighted by molar-refractivity contribution is 0.0957. The van der Waals surface area contributed by atoms with Gasteiger partial charge in [-0.05, 0) is 43.3 Å². The standard InChI is InChI=1S/C16H15FN2O/c1-3-10-18-16(20)14-8-9-15(19-11(14)2)12-4-6-13(17)7-5-12/h3-9H,1,10H2,2H3,(H,18,20). The molecule has 1 heterocycles. The Balaban J connectivity index is 2.27. The Hall–Kier alpha value is -2.49. The first kappa shape index (κ1) is 13.9. The molecule has 20 heavy (non-hydrogen) atoms. The predicted molar refractivity (Wildman–Crippen MR) is 76.9 cm³/mol. The fourth-order valence-electron chi connectivity index (χ4n) is 1.84. The first-order chi connectivity index (χ1) is 9.61. The second kappa shape index (κ2) is 6.10. The summed E-state index contributed by atoms with van der Waals surface area (Å²) >= 11 is 0. The van der Waals surface area contributed by atoms with Gasteiger partial charge in [-0.25, -0.2) is 4.39 Å². The minimum absolute atomic E-state index is 0.180. The predicted octanol–water partition coefficient (Wildman–Crippen LogP) is 3.11. The molecule has 1 aromatic carbocycles. The van der Waals surface area contributed by atoms with Crippen LogP contribution in [0.25, 0.3) is 11.3 Å². The maximum Gasteiger partial charge on any atom is 0.253 e. The molecule has 0 atom stereocenters. The number of benzene rings is 1. The van der Waals surface area contributed by atoms with Gasteiger partial charge in [0, 0.05) is 12.1 Å². The molecule has 1 aromatic heterocycles. The maximum atomic E-state index is 12.9. The number of rotatable bonds is 4. The van der Waals surface area contributed by atoms with Gasteiger partial charge in [0.15, 0.2) is 0 Å². The second-order valence-corrected chi connectivity index (χ2v) is 4.34. The third kappa shape index (κ3) is 3.09. The first-order valence-corrected chi connectivity index (χ1v) is 6.24. The molecule has 0 fully saturated rings. The highest BCUT2D eigenvalue weighted by molar-refractivity contribution is 5.95. The number of nitrogens with one attached hydrogen (secondary N) is 1. The average Bonchev–Trinajstić information content (AvgIpc) is 2.45. The van der Waals surface area contributed by atoms with E-state index in [9.17, 15) is 9.18 Å². The van der Waals surface area contributed by atoms with Crippen molar-refractivity contribution in [1.82, 2.24) is 10.3 Å². The minimum Gasteiger partial charge on any atom is -0.349 e. The lowest BCUT2D eigenvalue weighted by Crippen LogP contribution is -2.24. The fourth-order valence-corrected chi connectivity index (χ4v) is 1.84. The van der Waals surface area contributed by atoms with E-state index in [1.165, 1.54) is 12.1 Å². The number of hydrogen-bond acceptors (Lipinski definition) is 2. The maximum absolute atomic E-state index is 12.9. The molecule has 0 aliphatic carbocycles. The second-order valence-electron chi connectivity index (χ2n) is 4.34. The van der Waals surface area contributed by atoms with Crippen LogP contribution in [-0.4, -0.2) is 17.4 Å². The molecule has 0 aliphatic heterocycles. The van der Waals surface area contributed by atoms with E-state index >= 15 is 0 Å². The van der Waals surface area contributed by atoms with Crippen LogP contribution >= 0.6 is 0 Å². The molecular formula is C16H15FN2O. The van der Waals surface area contributed by atoms with Crippen molar-refractivity contribution in [2.24, 2.45) is 0 Å². The van der Waals surface area contributed by atoms with Gasteiger partial charge in [-0.2, -0.15) is 0 Å². The number of amides is 1. The van der Waals surface area contributed by atoms with Crippen LogP contribution in [0.3, 0.4) is 0 Å². The topological polar surface area (TPSA) is 42.0 Å². The van der Waals surface area contributed by atoms with Crippen LogP contribution < -0.4 is 5.32 Å². The molecule has 4 heteroatoms. The molecule has 0 bridgehead atoms. The van der Waals surface area contributed by atoms with Crippen LogP contribution in [0.1, 0.15) is 16.1 Å². The highest BCUT2D eigenvalue weighted by atomic mass is 19.1. The molecular weight excluding hydrogens is 255 g/mol. The number of nitrogens with zero attached hydrogens (tertiary/aromatic N) is 1. The number of aryl methyl sites for hydroxylation is 1. The van der Waals surface area contributed by atoms with E-state index < -0.39 is 0 Å². The molecule has 2 rings (SSSR count). The molecule has 3 nitrogen and oxygen atoms in total. The number of halogens is 1. The van der Waals surface area contributed by atoms with Crippen LogP contribution in [0.5, 0.6) is 0 Å². The Morgan fingerprint density at radius 3 is 2.60 bits per heavy atom. The van der Waals surface area contributed by atoms with Crippen molar-refractivity contribution in [3.8, 4) is 11.3 Å². The zero-order chi connectivity index (χ0) is 14.5. The normalized spacial score (nSPS) is 10.1. The molecule has 0 saturated carbocycles. The molecule has 102 valence electrons. The third-order valence-electron chi connectivity index (χ3n) is 2.88. The SMILES string of the molecule is C=CCNC(=O)c1ccc(-c2ccc(F)cc2)nc1C. The van der Waals surface area contributed by atoms with Crippen molar-refractivity contribution < 1.29 is 9.18 Å². The lowest BCUT2D eigenvalue weighted by Gasteiger charge is -2.08. The largest absolute Gasteiger partial charge is 0.349 e. The van der Waals surface area contributed by atoms with E-state index in [2.05, 4.69) is 16.9 Å². The lowest BCUT2D eigenvalue weighted by atomic mass is 10.1. The Kier molecular flexibility index (Phi) is 4.25. The Morgan fingerprint density at radius 1 is 1.30 bits per heavy atom. The summed E-state index contributed by atoms with van der Waals surface area (Å²) in [6.07, 6.45) is 1.62. The molecule has 0 saturated heterocycles. The minimum atomic E-state index is -0.286. The summed E-state index contributed by atoms with van der Waals surface area (Å²) in [6, 6.07) is 9.57. The van der Waals surface area contributed by atoms with E-state index in [-0.39, 0.29) is 11.7 Å². The first-order valence-electron chi connectivity index (χ1n) is 6.24. The quantitative estimate of drug-likeness (QED) is 0.867. The van der Waals surface area contributed by atoms with Crippen molar-refractivity contribution in [2.45, 2.75) is 6.92 Å². The van der Waals surface area contributed by atoms with Gasteiger partial charge in [0.1, 0.15) is 5.82 Å². The van der Waals surface area contributed by atoms with Crippen molar-refractivity contribution in [2.75, 3.05) is 6.54 Å². The summed E-state index contributed by atoms with van der Waals surface area (Å²) < 4.78 is 12.9. The van der Waals surface area contributed by atoms with Crippen molar-refractivity contribution in [3.05, 3.63) is 66.1 Å². The van der Waals surface area contributed by atoms with Gasteiger partial charge in [0.2, 0.25) is 0 Å². The highest BCUT2D eigenvalue weighted by Gasteiger charge is 2.10. The fraction of sp³-hybridized carbons (Fsp3) is 0.125. The zero-order valence-corrected chi connectivity index (χ0v) is 11.2. The Labute approximate surface area is 117 Å². The smallest absolute Gasteiger partial charge is 0.253 e. The van der Waals surface area contributed by atoms with Gasteiger partial charge in [0.05, 0.1) is 17.0 Å². The van der Waals surface area contributed by atoms with Crippen LogP contribution in [0, 0.1) is 12.7 Å². The molecule has 0 spiro atoms. The van der Waals surface area contributed by atoms with E-state index in [1.807, 2.05) is 0 Å². The summed E-state index contributed by atoms with van der Waals surface area (Å²) in [4.78, 5) is 16.3. The van der Waals surface area contributed by atoms with Crippen LogP contribution in [0.2, 0.25) is 0 Å². The molecule has 1 N–H and O–H groups in total. The van der Waals surface area contributed by atoms with Crippen LogP contribution in [0.4, 0.5) is 4.39 Å². The molecule has 0 unspecified atom stereocenters. The number of carbonyl (C=O) groups excluding carboxylic acids is 1. The van der Waals surface area contributed by atoms with E-state index in [0.717, 1.165) is 5.56 Å². The number of aromatic nitrogens is 1. The van der Waals surface area contributed by atoms with E-state index in [1.54, 1.807) is 37.3 Å². The van der Waals surface area contributed by atoms with Crippen LogP contribution in [0.15, 0.2) is 49.1 Å².